The lowest BCUT2D eigenvalue weighted by Crippen LogP contribution is -2.27. The number of fused-ring (bicyclic) bond motifs is 1. The summed E-state index contributed by atoms with van der Waals surface area (Å²) in [5.41, 5.74) is 7.68. The van der Waals surface area contributed by atoms with Gasteiger partial charge in [-0.15, -0.1) is 0 Å². The molecule has 1 aliphatic carbocycles. The van der Waals surface area contributed by atoms with Gasteiger partial charge in [0.1, 0.15) is 5.75 Å². The molecule has 0 radical (unpaired) electrons. The van der Waals surface area contributed by atoms with E-state index < -0.39 is 0 Å². The first kappa shape index (κ1) is 10.2. The number of ether oxygens (including phenoxy) is 1. The minimum atomic E-state index is 0.473. The third-order valence-corrected chi connectivity index (χ3v) is 4.07. The van der Waals surface area contributed by atoms with E-state index in [4.69, 9.17) is 10.5 Å². The Hall–Kier alpha value is -1.02. The Kier molecular flexibility index (Phi) is 2.40. The Bertz CT molecular complexity index is 384. The van der Waals surface area contributed by atoms with Crippen LogP contribution in [0.15, 0.2) is 24.3 Å². The van der Waals surface area contributed by atoms with Crippen LogP contribution in [0.5, 0.6) is 5.75 Å². The summed E-state index contributed by atoms with van der Waals surface area (Å²) >= 11 is 0. The molecule has 16 heavy (non-hydrogen) atoms. The summed E-state index contributed by atoms with van der Waals surface area (Å²) in [6.45, 7) is 1.73. The van der Waals surface area contributed by atoms with Gasteiger partial charge in [-0.3, -0.25) is 0 Å². The molecule has 2 heteroatoms. The number of nitrogens with two attached hydrogens (primary N) is 1. The van der Waals surface area contributed by atoms with Crippen molar-refractivity contribution in [3.05, 3.63) is 29.8 Å². The van der Waals surface area contributed by atoms with E-state index in [0.717, 1.165) is 25.3 Å². The molecule has 1 heterocycles. The van der Waals surface area contributed by atoms with Gasteiger partial charge in [-0.25, -0.2) is 0 Å². The molecule has 1 saturated carbocycles. The second-order valence-electron chi connectivity index (χ2n) is 5.40. The SMILES string of the molecule is NCC1(CC2COc3ccccc3C2)CC1. The summed E-state index contributed by atoms with van der Waals surface area (Å²) in [6.07, 6.45) is 5.05. The van der Waals surface area contributed by atoms with E-state index in [2.05, 4.69) is 18.2 Å². The molecule has 0 aromatic heterocycles. The maximum atomic E-state index is 5.84. The van der Waals surface area contributed by atoms with Gasteiger partial charge in [-0.1, -0.05) is 18.2 Å². The van der Waals surface area contributed by atoms with E-state index in [0.29, 0.717) is 11.3 Å². The predicted octanol–water partition coefficient (Wildman–Crippen LogP) is 2.37. The predicted molar refractivity (Wildman–Crippen MR) is 64.5 cm³/mol. The van der Waals surface area contributed by atoms with Crippen molar-refractivity contribution in [2.45, 2.75) is 25.7 Å². The van der Waals surface area contributed by atoms with E-state index >= 15 is 0 Å². The van der Waals surface area contributed by atoms with Gasteiger partial charge in [0.25, 0.3) is 0 Å². The first-order chi connectivity index (χ1) is 7.81. The molecular formula is C14H19NO. The average molecular weight is 217 g/mol. The molecule has 0 spiro atoms. The first-order valence-electron chi connectivity index (χ1n) is 6.22. The van der Waals surface area contributed by atoms with E-state index in [9.17, 15) is 0 Å². The molecular weight excluding hydrogens is 198 g/mol. The van der Waals surface area contributed by atoms with Crippen LogP contribution in [0.4, 0.5) is 0 Å². The molecule has 1 aromatic rings. The van der Waals surface area contributed by atoms with Crippen LogP contribution in [0.1, 0.15) is 24.8 Å². The van der Waals surface area contributed by atoms with Crippen molar-refractivity contribution < 1.29 is 4.74 Å². The molecule has 1 aromatic carbocycles. The summed E-state index contributed by atoms with van der Waals surface area (Å²) in [4.78, 5) is 0. The van der Waals surface area contributed by atoms with Crippen LogP contribution >= 0.6 is 0 Å². The van der Waals surface area contributed by atoms with Gasteiger partial charge in [0.05, 0.1) is 6.61 Å². The van der Waals surface area contributed by atoms with Gasteiger partial charge in [-0.05, 0) is 55.2 Å². The lowest BCUT2D eigenvalue weighted by atomic mass is 9.86. The molecule has 2 nitrogen and oxygen atoms in total. The zero-order valence-electron chi connectivity index (χ0n) is 9.61. The number of para-hydroxylation sites is 1. The van der Waals surface area contributed by atoms with Crippen molar-refractivity contribution in [3.63, 3.8) is 0 Å². The number of rotatable bonds is 3. The monoisotopic (exact) mass is 217 g/mol. The highest BCUT2D eigenvalue weighted by atomic mass is 16.5. The Labute approximate surface area is 96.8 Å². The fraction of sp³-hybridized carbons (Fsp3) is 0.571. The summed E-state index contributed by atoms with van der Waals surface area (Å²) in [5.74, 6) is 1.75. The normalized spacial score (nSPS) is 25.7. The van der Waals surface area contributed by atoms with Crippen LogP contribution < -0.4 is 10.5 Å². The van der Waals surface area contributed by atoms with Crippen molar-refractivity contribution in [2.24, 2.45) is 17.1 Å². The van der Waals surface area contributed by atoms with E-state index in [1.54, 1.807) is 0 Å². The van der Waals surface area contributed by atoms with Crippen LogP contribution in [-0.2, 0) is 6.42 Å². The smallest absolute Gasteiger partial charge is 0.122 e. The third kappa shape index (κ3) is 1.82. The maximum absolute atomic E-state index is 5.84. The molecule has 1 atom stereocenters. The zero-order chi connectivity index (χ0) is 11.0. The van der Waals surface area contributed by atoms with Crippen molar-refractivity contribution >= 4 is 0 Å². The van der Waals surface area contributed by atoms with Crippen molar-refractivity contribution in [3.8, 4) is 5.75 Å². The summed E-state index contributed by atoms with van der Waals surface area (Å²) < 4.78 is 5.81. The highest BCUT2D eigenvalue weighted by Gasteiger charge is 2.43. The quantitative estimate of drug-likeness (QED) is 0.843. The molecule has 86 valence electrons. The molecule has 0 saturated heterocycles. The number of hydrogen-bond donors (Lipinski definition) is 1. The van der Waals surface area contributed by atoms with E-state index in [-0.39, 0.29) is 0 Å². The fourth-order valence-electron chi connectivity index (χ4n) is 2.80. The highest BCUT2D eigenvalue weighted by molar-refractivity contribution is 5.35. The molecule has 0 amide bonds. The zero-order valence-corrected chi connectivity index (χ0v) is 9.61. The molecule has 1 aliphatic heterocycles. The largest absolute Gasteiger partial charge is 0.493 e. The van der Waals surface area contributed by atoms with Crippen molar-refractivity contribution in [1.29, 1.82) is 0 Å². The number of hydrogen-bond acceptors (Lipinski definition) is 2. The lowest BCUT2D eigenvalue weighted by molar-refractivity contribution is 0.191. The Morgan fingerprint density at radius 1 is 1.31 bits per heavy atom. The standard InChI is InChI=1S/C14H19NO/c15-10-14(5-6-14)8-11-7-12-3-1-2-4-13(12)16-9-11/h1-4,11H,5-10,15H2. The minimum absolute atomic E-state index is 0.473. The van der Waals surface area contributed by atoms with Crippen LogP contribution in [0.25, 0.3) is 0 Å². The lowest BCUT2D eigenvalue weighted by Gasteiger charge is -2.28. The molecule has 2 N–H and O–H groups in total. The van der Waals surface area contributed by atoms with E-state index in [1.165, 1.54) is 24.8 Å². The molecule has 1 fully saturated rings. The van der Waals surface area contributed by atoms with Crippen LogP contribution in [0.3, 0.4) is 0 Å². The third-order valence-electron chi connectivity index (χ3n) is 4.07. The van der Waals surface area contributed by atoms with Crippen LogP contribution in [-0.4, -0.2) is 13.2 Å². The first-order valence-corrected chi connectivity index (χ1v) is 6.22. The van der Waals surface area contributed by atoms with Gasteiger partial charge < -0.3 is 10.5 Å². The van der Waals surface area contributed by atoms with Crippen molar-refractivity contribution in [2.75, 3.05) is 13.2 Å². The summed E-state index contributed by atoms with van der Waals surface area (Å²) in [7, 11) is 0. The van der Waals surface area contributed by atoms with Gasteiger partial charge in [0, 0.05) is 0 Å². The minimum Gasteiger partial charge on any atom is -0.493 e. The maximum Gasteiger partial charge on any atom is 0.122 e. The molecule has 3 rings (SSSR count). The molecule has 1 unspecified atom stereocenters. The second-order valence-corrected chi connectivity index (χ2v) is 5.40. The molecule has 0 bridgehead atoms. The summed E-state index contributed by atoms with van der Waals surface area (Å²) in [5, 5.41) is 0. The van der Waals surface area contributed by atoms with Crippen LogP contribution in [0.2, 0.25) is 0 Å². The Morgan fingerprint density at radius 2 is 2.12 bits per heavy atom. The average Bonchev–Trinajstić information content (AvgIpc) is 3.09. The Morgan fingerprint density at radius 3 is 2.88 bits per heavy atom. The van der Waals surface area contributed by atoms with Crippen molar-refractivity contribution in [1.82, 2.24) is 0 Å². The number of benzene rings is 1. The second kappa shape index (κ2) is 3.77. The topological polar surface area (TPSA) is 35.2 Å². The van der Waals surface area contributed by atoms with Gasteiger partial charge in [0.2, 0.25) is 0 Å². The summed E-state index contributed by atoms with van der Waals surface area (Å²) in [6, 6.07) is 8.40. The fourth-order valence-corrected chi connectivity index (χ4v) is 2.80. The highest BCUT2D eigenvalue weighted by Crippen LogP contribution is 2.50. The molecule has 2 aliphatic rings. The van der Waals surface area contributed by atoms with Gasteiger partial charge >= 0.3 is 0 Å². The van der Waals surface area contributed by atoms with Gasteiger partial charge in [0.15, 0.2) is 0 Å². The Balaban J connectivity index is 1.69. The van der Waals surface area contributed by atoms with Crippen LogP contribution in [0, 0.1) is 11.3 Å². The van der Waals surface area contributed by atoms with Gasteiger partial charge in [-0.2, -0.15) is 0 Å². The van der Waals surface area contributed by atoms with E-state index in [1.807, 2.05) is 6.07 Å².